The second kappa shape index (κ2) is 13.9. The summed E-state index contributed by atoms with van der Waals surface area (Å²) in [5.74, 6) is 0.622. The minimum Gasteiger partial charge on any atom is -0.353 e. The van der Waals surface area contributed by atoms with Crippen LogP contribution in [-0.2, 0) is 13.1 Å². The maximum absolute atomic E-state index is 14.4. The highest BCUT2D eigenvalue weighted by atomic mass is 79.9. The van der Waals surface area contributed by atoms with E-state index in [0.29, 0.717) is 23.7 Å². The number of hydrogen-bond acceptors (Lipinski definition) is 6. The molecule has 1 aromatic heterocycles. The van der Waals surface area contributed by atoms with Gasteiger partial charge in [0.2, 0.25) is 0 Å². The normalized spacial score (nSPS) is 21.7. The standard InChI is InChI=1S/C32H42BrClFN7O2.H2/c1-2-25-20-40(13-14-41(25)26-9-11-39(12-10-26)19-22-3-4-23(33)16-29(22)35)30-28(34)15-21(17-36-30)18-37-31(43)42(27-7-8-27)32(44)38-24-5-6-24;/h3-4,15-17,24-27H,2,5-14,18-20H2,1H3,(H,37,43)(H,38,44);1H/t25-;/m0./s1. The predicted octanol–water partition coefficient (Wildman–Crippen LogP) is 5.99. The van der Waals surface area contributed by atoms with Gasteiger partial charge in [-0.15, -0.1) is 0 Å². The largest absolute Gasteiger partial charge is 0.353 e. The Morgan fingerprint density at radius 2 is 1.86 bits per heavy atom. The van der Waals surface area contributed by atoms with E-state index >= 15 is 0 Å². The van der Waals surface area contributed by atoms with Gasteiger partial charge < -0.3 is 15.5 Å². The van der Waals surface area contributed by atoms with Crippen LogP contribution in [-0.4, -0.2) is 88.6 Å². The Morgan fingerprint density at radius 1 is 1.09 bits per heavy atom. The van der Waals surface area contributed by atoms with Crippen LogP contribution in [0.4, 0.5) is 19.8 Å². The molecule has 4 aliphatic rings. The molecule has 0 bridgehead atoms. The van der Waals surface area contributed by atoms with Gasteiger partial charge in [0.25, 0.3) is 0 Å². The maximum Gasteiger partial charge on any atom is 0.326 e. The lowest BCUT2D eigenvalue weighted by molar-refractivity contribution is 0.0607. The van der Waals surface area contributed by atoms with Crippen molar-refractivity contribution >= 4 is 45.4 Å². The zero-order valence-corrected chi connectivity index (χ0v) is 27.6. The number of benzene rings is 1. The monoisotopic (exact) mass is 691 g/mol. The quantitative estimate of drug-likeness (QED) is 0.336. The summed E-state index contributed by atoms with van der Waals surface area (Å²) >= 11 is 10.1. The molecule has 240 valence electrons. The number of nitrogens with one attached hydrogen (secondary N) is 2. The lowest BCUT2D eigenvalue weighted by atomic mass is 9.97. The van der Waals surface area contributed by atoms with Gasteiger partial charge in [-0.25, -0.2) is 23.9 Å². The molecule has 2 aliphatic carbocycles. The van der Waals surface area contributed by atoms with Gasteiger partial charge in [0.15, 0.2) is 0 Å². The van der Waals surface area contributed by atoms with Crippen molar-refractivity contribution in [3.05, 3.63) is 56.9 Å². The van der Waals surface area contributed by atoms with E-state index in [1.165, 1.54) is 4.90 Å². The van der Waals surface area contributed by atoms with E-state index in [1.807, 2.05) is 18.2 Å². The number of aromatic nitrogens is 1. The van der Waals surface area contributed by atoms with E-state index in [-0.39, 0.29) is 37.9 Å². The van der Waals surface area contributed by atoms with E-state index in [1.54, 1.807) is 12.3 Å². The van der Waals surface area contributed by atoms with Crippen LogP contribution >= 0.6 is 27.5 Å². The molecule has 0 spiro atoms. The summed E-state index contributed by atoms with van der Waals surface area (Å²) in [5.41, 5.74) is 1.55. The first-order valence-corrected chi connectivity index (χ1v) is 17.1. The van der Waals surface area contributed by atoms with Gasteiger partial charge in [-0.2, -0.15) is 0 Å². The minimum atomic E-state index is -0.376. The Hall–Kier alpha value is -2.47. The van der Waals surface area contributed by atoms with Crippen LogP contribution in [0.15, 0.2) is 34.9 Å². The molecule has 2 saturated heterocycles. The van der Waals surface area contributed by atoms with Crippen molar-refractivity contribution in [3.63, 3.8) is 0 Å². The van der Waals surface area contributed by atoms with Crippen molar-refractivity contribution in [2.45, 2.75) is 89.1 Å². The maximum atomic E-state index is 14.4. The first-order chi connectivity index (χ1) is 21.3. The molecule has 3 heterocycles. The van der Waals surface area contributed by atoms with Crippen LogP contribution < -0.4 is 15.5 Å². The molecule has 12 heteroatoms. The topological polar surface area (TPSA) is 84.0 Å². The average molecular weight is 693 g/mol. The molecule has 2 aromatic rings. The Bertz CT molecular complexity index is 1360. The molecule has 2 aliphatic heterocycles. The van der Waals surface area contributed by atoms with Crippen molar-refractivity contribution in [2.24, 2.45) is 0 Å². The van der Waals surface area contributed by atoms with Crippen LogP contribution in [0.25, 0.3) is 0 Å². The first kappa shape index (κ1) is 31.5. The molecule has 0 radical (unpaired) electrons. The highest BCUT2D eigenvalue weighted by Gasteiger charge is 2.39. The molecule has 2 saturated carbocycles. The van der Waals surface area contributed by atoms with E-state index in [0.717, 1.165) is 99.1 Å². The van der Waals surface area contributed by atoms with Gasteiger partial charge in [0.05, 0.1) is 5.02 Å². The summed E-state index contributed by atoms with van der Waals surface area (Å²) in [5, 5.41) is 6.37. The van der Waals surface area contributed by atoms with Crippen LogP contribution in [0, 0.1) is 5.82 Å². The lowest BCUT2D eigenvalue weighted by Crippen LogP contribution is -2.58. The van der Waals surface area contributed by atoms with Crippen LogP contribution in [0.5, 0.6) is 0 Å². The summed E-state index contributed by atoms with van der Waals surface area (Å²) in [4.78, 5) is 38.8. The number of carbonyl (C=O) groups excluding carboxylic acids is 2. The molecular formula is C32H44BrClFN7O2. The second-order valence-corrected chi connectivity index (χ2v) is 13.9. The summed E-state index contributed by atoms with van der Waals surface area (Å²) in [7, 11) is 0. The van der Waals surface area contributed by atoms with Crippen LogP contribution in [0.1, 0.15) is 64.4 Å². The minimum absolute atomic E-state index is 0. The van der Waals surface area contributed by atoms with Crippen molar-refractivity contribution in [2.75, 3.05) is 37.6 Å². The number of nitrogens with zero attached hydrogens (tertiary/aromatic N) is 5. The first-order valence-electron chi connectivity index (χ1n) is 16.0. The predicted molar refractivity (Wildman–Crippen MR) is 175 cm³/mol. The lowest BCUT2D eigenvalue weighted by Gasteiger charge is -2.47. The zero-order chi connectivity index (χ0) is 30.8. The summed E-state index contributed by atoms with van der Waals surface area (Å²) < 4.78 is 15.1. The van der Waals surface area contributed by atoms with E-state index in [4.69, 9.17) is 16.6 Å². The molecule has 0 unspecified atom stereocenters. The SMILES string of the molecule is CC[C@H]1CN(c2ncc(CNC(=O)N(C(=O)NC3CC3)C3CC3)cc2Cl)CCN1C1CCN(Cc2ccc(Br)cc2F)CC1.[HH]. The number of piperidine rings is 1. The Kier molecular flexibility index (Phi) is 9.95. The Balaban J connectivity index is 0.00000400. The Labute approximate surface area is 274 Å². The molecule has 9 nitrogen and oxygen atoms in total. The van der Waals surface area contributed by atoms with Gasteiger partial charge >= 0.3 is 12.1 Å². The van der Waals surface area contributed by atoms with Gasteiger partial charge in [-0.05, 0) is 81.8 Å². The summed E-state index contributed by atoms with van der Waals surface area (Å²) in [6.45, 7) is 7.72. The fourth-order valence-corrected chi connectivity index (χ4v) is 7.14. The molecule has 2 N–H and O–H groups in total. The summed E-state index contributed by atoms with van der Waals surface area (Å²) in [6, 6.07) is 7.62. The van der Waals surface area contributed by atoms with E-state index in [9.17, 15) is 14.0 Å². The number of hydrogen-bond donors (Lipinski definition) is 2. The number of rotatable bonds is 9. The highest BCUT2D eigenvalue weighted by Crippen LogP contribution is 2.31. The molecule has 4 amide bonds. The number of likely N-dealkylation sites (tertiary alicyclic amines) is 1. The van der Waals surface area contributed by atoms with Crippen LogP contribution in [0.2, 0.25) is 5.02 Å². The van der Waals surface area contributed by atoms with Crippen molar-refractivity contribution < 1.29 is 15.4 Å². The third-order valence-electron chi connectivity index (χ3n) is 9.31. The van der Waals surface area contributed by atoms with Gasteiger partial charge in [0.1, 0.15) is 11.6 Å². The second-order valence-electron chi connectivity index (χ2n) is 12.6. The number of imide groups is 1. The number of halogens is 3. The number of carbonyl (C=O) groups is 2. The third-order valence-corrected chi connectivity index (χ3v) is 10.1. The van der Waals surface area contributed by atoms with E-state index < -0.39 is 0 Å². The van der Waals surface area contributed by atoms with Gasteiger partial charge in [-0.3, -0.25) is 9.80 Å². The van der Waals surface area contributed by atoms with Crippen molar-refractivity contribution in [1.29, 1.82) is 0 Å². The highest BCUT2D eigenvalue weighted by molar-refractivity contribution is 9.10. The molecule has 4 fully saturated rings. The zero-order valence-electron chi connectivity index (χ0n) is 25.3. The van der Waals surface area contributed by atoms with Gasteiger partial charge in [-0.1, -0.05) is 40.5 Å². The summed E-state index contributed by atoms with van der Waals surface area (Å²) in [6.07, 6.45) is 8.63. The fraction of sp³-hybridized carbons (Fsp3) is 0.594. The Morgan fingerprint density at radius 3 is 2.52 bits per heavy atom. The number of piperazine rings is 1. The number of amides is 4. The molecule has 1 atom stereocenters. The van der Waals surface area contributed by atoms with Gasteiger partial charge in [0, 0.05) is 74.6 Å². The number of urea groups is 2. The molecular weight excluding hydrogens is 649 g/mol. The van der Waals surface area contributed by atoms with Crippen molar-refractivity contribution in [1.82, 2.24) is 30.3 Å². The molecule has 44 heavy (non-hydrogen) atoms. The number of anilines is 1. The van der Waals surface area contributed by atoms with Crippen molar-refractivity contribution in [3.8, 4) is 0 Å². The third kappa shape index (κ3) is 7.66. The fourth-order valence-electron chi connectivity index (χ4n) is 6.50. The van der Waals surface area contributed by atoms with E-state index in [2.05, 4.69) is 48.2 Å². The molecule has 1 aromatic carbocycles. The van der Waals surface area contributed by atoms with Crippen LogP contribution in [0.3, 0.4) is 0 Å². The number of pyridine rings is 1. The average Bonchev–Trinajstić information content (AvgIpc) is 3.95. The molecule has 6 rings (SSSR count). The smallest absolute Gasteiger partial charge is 0.326 e.